The van der Waals surface area contributed by atoms with Crippen LogP contribution in [0.4, 0.5) is 16.2 Å². The molecule has 0 saturated carbocycles. The fourth-order valence-corrected chi connectivity index (χ4v) is 2.40. The van der Waals surface area contributed by atoms with Gasteiger partial charge < -0.3 is 25.0 Å². The Balaban J connectivity index is 1.65. The summed E-state index contributed by atoms with van der Waals surface area (Å²) in [6.45, 7) is 1.55. The Morgan fingerprint density at radius 3 is 2.52 bits per heavy atom. The summed E-state index contributed by atoms with van der Waals surface area (Å²) in [5, 5.41) is 5.61. The minimum atomic E-state index is -0.243. The lowest BCUT2D eigenvalue weighted by atomic mass is 10.1. The average Bonchev–Trinajstić information content (AvgIpc) is 2.67. The number of methoxy groups -OCH3 is 1. The third-order valence-electron chi connectivity index (χ3n) is 3.91. The molecule has 0 atom stereocenters. The van der Waals surface area contributed by atoms with Crippen molar-refractivity contribution < 1.29 is 14.3 Å². The Bertz CT molecular complexity index is 687. The molecule has 2 aromatic rings. The fraction of sp³-hybridized carbons (Fsp3) is 0.400. The first-order valence-corrected chi connectivity index (χ1v) is 8.97. The molecule has 1 aromatic heterocycles. The molecular weight excluding hydrogens is 344 g/mol. The molecule has 7 nitrogen and oxygen atoms in total. The molecule has 2 rings (SSSR count). The number of rotatable bonds is 10. The topological polar surface area (TPSA) is 75.7 Å². The Hall–Kier alpha value is -2.80. The van der Waals surface area contributed by atoms with Gasteiger partial charge in [-0.2, -0.15) is 0 Å². The number of anilines is 2. The quantitative estimate of drug-likeness (QED) is 0.627. The molecule has 0 unspecified atom stereocenters. The number of aromatic nitrogens is 1. The van der Waals surface area contributed by atoms with E-state index in [1.54, 1.807) is 25.4 Å². The van der Waals surface area contributed by atoms with E-state index in [0.29, 0.717) is 31.3 Å². The van der Waals surface area contributed by atoms with E-state index in [9.17, 15) is 4.79 Å². The van der Waals surface area contributed by atoms with Gasteiger partial charge in [0.05, 0.1) is 18.5 Å². The van der Waals surface area contributed by atoms with Crippen molar-refractivity contribution in [3.8, 4) is 5.88 Å². The van der Waals surface area contributed by atoms with Crippen LogP contribution in [0.5, 0.6) is 5.88 Å². The monoisotopic (exact) mass is 372 g/mol. The average molecular weight is 372 g/mol. The highest BCUT2D eigenvalue weighted by Gasteiger charge is 2.03. The molecule has 0 saturated heterocycles. The van der Waals surface area contributed by atoms with Gasteiger partial charge in [-0.1, -0.05) is 12.1 Å². The molecule has 7 heteroatoms. The van der Waals surface area contributed by atoms with Crippen molar-refractivity contribution in [2.75, 3.05) is 51.2 Å². The van der Waals surface area contributed by atoms with Gasteiger partial charge in [-0.05, 0) is 36.6 Å². The van der Waals surface area contributed by atoms with Crippen LogP contribution < -0.4 is 20.3 Å². The van der Waals surface area contributed by atoms with Crippen LogP contribution in [0.2, 0.25) is 0 Å². The minimum Gasteiger partial charge on any atom is -0.475 e. The largest absolute Gasteiger partial charge is 0.475 e. The molecule has 1 heterocycles. The molecule has 2 N–H and O–H groups in total. The fourth-order valence-electron chi connectivity index (χ4n) is 2.40. The summed E-state index contributed by atoms with van der Waals surface area (Å²) in [5.41, 5.74) is 3.06. The predicted octanol–water partition coefficient (Wildman–Crippen LogP) is 2.93. The number of pyridine rings is 1. The number of nitrogens with one attached hydrogen (secondary N) is 2. The maximum Gasteiger partial charge on any atom is 0.319 e. The van der Waals surface area contributed by atoms with Crippen molar-refractivity contribution >= 4 is 17.4 Å². The van der Waals surface area contributed by atoms with Crippen LogP contribution in [0.15, 0.2) is 42.6 Å². The van der Waals surface area contributed by atoms with Crippen LogP contribution in [-0.2, 0) is 11.2 Å². The van der Waals surface area contributed by atoms with Crippen molar-refractivity contribution in [3.05, 3.63) is 48.2 Å². The van der Waals surface area contributed by atoms with Gasteiger partial charge in [0.2, 0.25) is 5.88 Å². The Morgan fingerprint density at radius 1 is 1.11 bits per heavy atom. The summed E-state index contributed by atoms with van der Waals surface area (Å²) >= 11 is 0. The van der Waals surface area contributed by atoms with E-state index in [2.05, 4.69) is 44.8 Å². The van der Waals surface area contributed by atoms with Gasteiger partial charge in [0.1, 0.15) is 6.61 Å². The molecule has 0 aliphatic heterocycles. The van der Waals surface area contributed by atoms with Gasteiger partial charge in [0.25, 0.3) is 0 Å². The molecule has 0 aliphatic carbocycles. The number of ether oxygens (including phenoxy) is 2. The van der Waals surface area contributed by atoms with E-state index in [4.69, 9.17) is 9.47 Å². The lowest BCUT2D eigenvalue weighted by Crippen LogP contribution is -2.29. The highest BCUT2D eigenvalue weighted by molar-refractivity contribution is 5.88. The van der Waals surface area contributed by atoms with Crippen molar-refractivity contribution in [1.82, 2.24) is 10.3 Å². The standard InChI is InChI=1S/C20H28N4O3/c1-24(2)18-9-6-16(7-10-18)5-4-12-21-20(25)23-17-8-11-19(22-15-17)27-14-13-26-3/h6-11,15H,4-5,12-14H2,1-3H3,(H2,21,23,25). The Labute approximate surface area is 160 Å². The zero-order chi connectivity index (χ0) is 19.5. The van der Waals surface area contributed by atoms with Crippen molar-refractivity contribution in [2.45, 2.75) is 12.8 Å². The third kappa shape index (κ3) is 7.53. The highest BCUT2D eigenvalue weighted by Crippen LogP contribution is 2.13. The molecular formula is C20H28N4O3. The summed E-state index contributed by atoms with van der Waals surface area (Å²) < 4.78 is 10.3. The molecule has 1 aromatic carbocycles. The smallest absolute Gasteiger partial charge is 0.319 e. The summed E-state index contributed by atoms with van der Waals surface area (Å²) in [5.74, 6) is 0.498. The Kier molecular flexibility index (Phi) is 8.38. The molecule has 0 fully saturated rings. The lowest BCUT2D eigenvalue weighted by Gasteiger charge is -2.12. The maximum absolute atomic E-state index is 11.9. The van der Waals surface area contributed by atoms with Gasteiger partial charge in [-0.3, -0.25) is 0 Å². The summed E-state index contributed by atoms with van der Waals surface area (Å²) in [4.78, 5) is 18.1. The zero-order valence-corrected chi connectivity index (χ0v) is 16.2. The van der Waals surface area contributed by atoms with Crippen LogP contribution >= 0.6 is 0 Å². The van der Waals surface area contributed by atoms with Gasteiger partial charge in [0, 0.05) is 39.5 Å². The van der Waals surface area contributed by atoms with E-state index in [-0.39, 0.29) is 6.03 Å². The Morgan fingerprint density at radius 2 is 1.89 bits per heavy atom. The van der Waals surface area contributed by atoms with Crippen molar-refractivity contribution in [3.63, 3.8) is 0 Å². The highest BCUT2D eigenvalue weighted by atomic mass is 16.5. The number of nitrogens with zero attached hydrogens (tertiary/aromatic N) is 2. The number of amides is 2. The summed E-state index contributed by atoms with van der Waals surface area (Å²) in [7, 11) is 5.66. The van der Waals surface area contributed by atoms with Crippen LogP contribution in [0.3, 0.4) is 0 Å². The molecule has 27 heavy (non-hydrogen) atoms. The van der Waals surface area contributed by atoms with Gasteiger partial charge in [0.15, 0.2) is 0 Å². The van der Waals surface area contributed by atoms with Crippen LogP contribution in [0.25, 0.3) is 0 Å². The second-order valence-electron chi connectivity index (χ2n) is 6.27. The number of aryl methyl sites for hydroxylation is 1. The van der Waals surface area contributed by atoms with Gasteiger partial charge in [-0.25, -0.2) is 9.78 Å². The van der Waals surface area contributed by atoms with Gasteiger partial charge >= 0.3 is 6.03 Å². The molecule has 0 spiro atoms. The number of urea groups is 1. The second-order valence-corrected chi connectivity index (χ2v) is 6.27. The first kappa shape index (κ1) is 20.5. The maximum atomic E-state index is 11.9. The van der Waals surface area contributed by atoms with E-state index in [1.165, 1.54) is 11.3 Å². The van der Waals surface area contributed by atoms with E-state index in [1.807, 2.05) is 14.1 Å². The molecule has 0 aliphatic rings. The summed E-state index contributed by atoms with van der Waals surface area (Å²) in [6, 6.07) is 11.7. The number of hydrogen-bond acceptors (Lipinski definition) is 5. The number of carbonyl (C=O) groups excluding carboxylic acids is 1. The predicted molar refractivity (Wildman–Crippen MR) is 108 cm³/mol. The van der Waals surface area contributed by atoms with E-state index in [0.717, 1.165) is 12.8 Å². The molecule has 0 bridgehead atoms. The van der Waals surface area contributed by atoms with Crippen LogP contribution in [-0.4, -0.2) is 52.0 Å². The SMILES string of the molecule is COCCOc1ccc(NC(=O)NCCCc2ccc(N(C)C)cc2)cn1. The molecule has 2 amide bonds. The van der Waals surface area contributed by atoms with Crippen molar-refractivity contribution in [1.29, 1.82) is 0 Å². The second kappa shape index (κ2) is 11.0. The number of hydrogen-bond donors (Lipinski definition) is 2. The first-order valence-electron chi connectivity index (χ1n) is 8.97. The molecule has 146 valence electrons. The first-order chi connectivity index (χ1) is 13.1. The third-order valence-corrected chi connectivity index (χ3v) is 3.91. The van der Waals surface area contributed by atoms with Gasteiger partial charge in [-0.15, -0.1) is 0 Å². The zero-order valence-electron chi connectivity index (χ0n) is 16.2. The normalized spacial score (nSPS) is 10.3. The minimum absolute atomic E-state index is 0.243. The lowest BCUT2D eigenvalue weighted by molar-refractivity contribution is 0.144. The van der Waals surface area contributed by atoms with Crippen molar-refractivity contribution in [2.24, 2.45) is 0 Å². The van der Waals surface area contributed by atoms with Crippen LogP contribution in [0.1, 0.15) is 12.0 Å². The molecule has 0 radical (unpaired) electrons. The van der Waals surface area contributed by atoms with E-state index < -0.39 is 0 Å². The van der Waals surface area contributed by atoms with E-state index >= 15 is 0 Å². The van der Waals surface area contributed by atoms with Crippen LogP contribution in [0, 0.1) is 0 Å². The number of carbonyl (C=O) groups is 1. The summed E-state index contributed by atoms with van der Waals surface area (Å²) in [6.07, 6.45) is 3.36. The number of benzene rings is 1.